The number of carbonyl (C=O) groups excluding carboxylic acids is 1. The van der Waals surface area contributed by atoms with Crippen LogP contribution in [0.25, 0.3) is 0 Å². The van der Waals surface area contributed by atoms with Gasteiger partial charge in [-0.15, -0.1) is 0 Å². The molecular weight excluding hydrogens is 130 g/mol. The van der Waals surface area contributed by atoms with Crippen LogP contribution in [0.3, 0.4) is 0 Å². The summed E-state index contributed by atoms with van der Waals surface area (Å²) in [5.41, 5.74) is 0. The van der Waals surface area contributed by atoms with Crippen molar-refractivity contribution in [2.24, 2.45) is 0 Å². The third kappa shape index (κ3) is 4.09. The molecule has 0 aliphatic rings. The van der Waals surface area contributed by atoms with Crippen LogP contribution in [0.5, 0.6) is 0 Å². The van der Waals surface area contributed by atoms with Crippen molar-refractivity contribution in [2.45, 2.75) is 13.0 Å². The van der Waals surface area contributed by atoms with Crippen molar-refractivity contribution in [3.63, 3.8) is 0 Å². The number of carbonyl (C=O) groups is 1. The van der Waals surface area contributed by atoms with Gasteiger partial charge in [0.2, 0.25) is 5.91 Å². The number of nitrogens with zero attached hydrogens (tertiary/aromatic N) is 1. The van der Waals surface area contributed by atoms with Crippen LogP contribution in [0.2, 0.25) is 0 Å². The van der Waals surface area contributed by atoms with Crippen molar-refractivity contribution < 1.29 is 9.90 Å². The summed E-state index contributed by atoms with van der Waals surface area (Å²) in [5.74, 6) is -0.110. The predicted molar refractivity (Wildman–Crippen MR) is 39.5 cm³/mol. The van der Waals surface area contributed by atoms with Crippen LogP contribution in [0.1, 0.15) is 6.92 Å². The monoisotopic (exact) mass is 143 g/mol. The Balaban J connectivity index is 3.79. The molecule has 0 aromatic heterocycles. The van der Waals surface area contributed by atoms with E-state index in [2.05, 4.69) is 0 Å². The van der Waals surface area contributed by atoms with Gasteiger partial charge >= 0.3 is 0 Å². The molecule has 0 aliphatic carbocycles. The Bertz CT molecular complexity index is 139. The third-order valence-electron chi connectivity index (χ3n) is 0.958. The lowest BCUT2D eigenvalue weighted by Gasteiger charge is -2.05. The van der Waals surface area contributed by atoms with Gasteiger partial charge in [0.15, 0.2) is 0 Å². The summed E-state index contributed by atoms with van der Waals surface area (Å²) in [7, 11) is 3.32. The molecule has 0 aromatic carbocycles. The predicted octanol–water partition coefficient (Wildman–Crippen LogP) is 0.0116. The lowest BCUT2D eigenvalue weighted by atomic mass is 10.3. The fourth-order valence-electron chi connectivity index (χ4n) is 0.371. The molecule has 0 heterocycles. The fourth-order valence-corrected chi connectivity index (χ4v) is 0.371. The Morgan fingerprint density at radius 3 is 2.40 bits per heavy atom. The van der Waals surface area contributed by atoms with E-state index in [0.29, 0.717) is 0 Å². The van der Waals surface area contributed by atoms with E-state index in [1.807, 2.05) is 0 Å². The van der Waals surface area contributed by atoms with Crippen LogP contribution in [-0.2, 0) is 4.79 Å². The molecule has 0 saturated carbocycles. The summed E-state index contributed by atoms with van der Waals surface area (Å²) in [6, 6.07) is 0. The molecule has 0 aromatic rings. The molecule has 1 N–H and O–H groups in total. The first-order valence-corrected chi connectivity index (χ1v) is 3.11. The molecule has 0 saturated heterocycles. The van der Waals surface area contributed by atoms with E-state index < -0.39 is 6.10 Å². The summed E-state index contributed by atoms with van der Waals surface area (Å²) < 4.78 is 0. The van der Waals surface area contributed by atoms with Crippen LogP contribution >= 0.6 is 0 Å². The van der Waals surface area contributed by atoms with Crippen LogP contribution in [-0.4, -0.2) is 36.1 Å². The van der Waals surface area contributed by atoms with E-state index in [-0.39, 0.29) is 5.91 Å². The lowest BCUT2D eigenvalue weighted by molar-refractivity contribution is -0.123. The van der Waals surface area contributed by atoms with E-state index in [1.165, 1.54) is 17.1 Å². The van der Waals surface area contributed by atoms with Crippen molar-refractivity contribution in [3.05, 3.63) is 12.2 Å². The summed E-state index contributed by atoms with van der Waals surface area (Å²) >= 11 is 0. The van der Waals surface area contributed by atoms with Crippen LogP contribution < -0.4 is 0 Å². The number of hydrogen-bond donors (Lipinski definition) is 1. The Kier molecular flexibility index (Phi) is 3.72. The standard InChI is InChI=1S/C7H13NO2/c1-6(9)4-5-7(10)8(2)3/h4-6,9H,1-3H3/b5-4-/t6-/m1/s1. The maximum absolute atomic E-state index is 10.8. The Morgan fingerprint density at radius 2 is 2.10 bits per heavy atom. The summed E-state index contributed by atoms with van der Waals surface area (Å²) in [4.78, 5) is 12.2. The summed E-state index contributed by atoms with van der Waals surface area (Å²) in [6.45, 7) is 1.60. The van der Waals surface area contributed by atoms with E-state index in [1.54, 1.807) is 21.0 Å². The van der Waals surface area contributed by atoms with Crippen LogP contribution in [0.15, 0.2) is 12.2 Å². The first-order chi connectivity index (χ1) is 4.54. The molecule has 10 heavy (non-hydrogen) atoms. The van der Waals surface area contributed by atoms with Crippen LogP contribution in [0.4, 0.5) is 0 Å². The zero-order valence-electron chi connectivity index (χ0n) is 6.53. The quantitative estimate of drug-likeness (QED) is 0.553. The van der Waals surface area contributed by atoms with Gasteiger partial charge < -0.3 is 10.0 Å². The molecule has 1 amide bonds. The van der Waals surface area contributed by atoms with E-state index >= 15 is 0 Å². The van der Waals surface area contributed by atoms with Gasteiger partial charge in [-0.3, -0.25) is 4.79 Å². The minimum Gasteiger partial charge on any atom is -0.389 e. The maximum Gasteiger partial charge on any atom is 0.245 e. The Morgan fingerprint density at radius 1 is 1.60 bits per heavy atom. The number of aliphatic hydroxyl groups is 1. The minimum atomic E-state index is -0.552. The number of aliphatic hydroxyl groups excluding tert-OH is 1. The van der Waals surface area contributed by atoms with E-state index in [9.17, 15) is 4.79 Å². The highest BCUT2D eigenvalue weighted by Gasteiger charge is 1.96. The van der Waals surface area contributed by atoms with Gasteiger partial charge in [0.25, 0.3) is 0 Å². The van der Waals surface area contributed by atoms with Gasteiger partial charge in [-0.25, -0.2) is 0 Å². The molecule has 1 atom stereocenters. The first-order valence-electron chi connectivity index (χ1n) is 3.11. The normalized spacial score (nSPS) is 13.6. The smallest absolute Gasteiger partial charge is 0.245 e. The number of likely N-dealkylation sites (N-methyl/N-ethyl adjacent to an activating group) is 1. The van der Waals surface area contributed by atoms with Gasteiger partial charge in [0, 0.05) is 20.2 Å². The second-order valence-electron chi connectivity index (χ2n) is 2.33. The molecule has 0 fully saturated rings. The molecule has 0 rings (SSSR count). The Hall–Kier alpha value is -0.830. The SMILES string of the molecule is C[C@@H](O)/C=C\C(=O)N(C)C. The molecule has 0 spiro atoms. The highest BCUT2D eigenvalue weighted by molar-refractivity contribution is 5.87. The second kappa shape index (κ2) is 4.06. The van der Waals surface area contributed by atoms with Gasteiger partial charge in [-0.2, -0.15) is 0 Å². The van der Waals surface area contributed by atoms with Gasteiger partial charge in [-0.1, -0.05) is 6.08 Å². The van der Waals surface area contributed by atoms with Crippen LogP contribution in [0, 0.1) is 0 Å². The topological polar surface area (TPSA) is 40.5 Å². The first kappa shape index (κ1) is 9.17. The minimum absolute atomic E-state index is 0.110. The highest BCUT2D eigenvalue weighted by Crippen LogP contribution is 1.85. The van der Waals surface area contributed by atoms with Gasteiger partial charge in [0.05, 0.1) is 6.10 Å². The average molecular weight is 143 g/mol. The van der Waals surface area contributed by atoms with Crippen molar-refractivity contribution in [2.75, 3.05) is 14.1 Å². The zero-order chi connectivity index (χ0) is 8.15. The van der Waals surface area contributed by atoms with E-state index in [0.717, 1.165) is 0 Å². The molecule has 0 radical (unpaired) electrons. The highest BCUT2D eigenvalue weighted by atomic mass is 16.3. The van der Waals surface area contributed by atoms with Crippen molar-refractivity contribution in [3.8, 4) is 0 Å². The average Bonchev–Trinajstić information content (AvgIpc) is 1.82. The third-order valence-corrected chi connectivity index (χ3v) is 0.958. The molecule has 3 nitrogen and oxygen atoms in total. The summed E-state index contributed by atoms with van der Waals surface area (Å²) in [6.07, 6.45) is 2.25. The largest absolute Gasteiger partial charge is 0.389 e. The maximum atomic E-state index is 10.8. The number of amides is 1. The number of rotatable bonds is 2. The van der Waals surface area contributed by atoms with E-state index in [4.69, 9.17) is 5.11 Å². The summed E-state index contributed by atoms with van der Waals surface area (Å²) in [5, 5.41) is 8.73. The van der Waals surface area contributed by atoms with Gasteiger partial charge in [-0.05, 0) is 6.92 Å². The second-order valence-corrected chi connectivity index (χ2v) is 2.33. The fraction of sp³-hybridized carbons (Fsp3) is 0.571. The van der Waals surface area contributed by atoms with Crippen molar-refractivity contribution in [1.29, 1.82) is 0 Å². The van der Waals surface area contributed by atoms with Gasteiger partial charge in [0.1, 0.15) is 0 Å². The zero-order valence-corrected chi connectivity index (χ0v) is 6.53. The number of hydrogen-bond acceptors (Lipinski definition) is 2. The molecule has 3 heteroatoms. The molecule has 0 aliphatic heterocycles. The van der Waals surface area contributed by atoms with Crippen molar-refractivity contribution in [1.82, 2.24) is 4.90 Å². The molecular formula is C7H13NO2. The Labute approximate surface area is 61.0 Å². The molecule has 58 valence electrons. The molecule has 0 bridgehead atoms. The lowest BCUT2D eigenvalue weighted by Crippen LogP contribution is -2.19. The molecule has 0 unspecified atom stereocenters. The van der Waals surface area contributed by atoms with Crippen molar-refractivity contribution >= 4 is 5.91 Å².